The number of benzene rings is 2. The van der Waals surface area contributed by atoms with Gasteiger partial charge in [0, 0.05) is 5.92 Å². The van der Waals surface area contributed by atoms with E-state index in [1.807, 2.05) is 0 Å². The van der Waals surface area contributed by atoms with Crippen LogP contribution in [0.4, 0.5) is 0 Å². The second-order valence-corrected chi connectivity index (χ2v) is 9.64. The van der Waals surface area contributed by atoms with Crippen LogP contribution in [0.25, 0.3) is 0 Å². The number of hydrogen-bond acceptors (Lipinski definition) is 8. The first-order valence-electron chi connectivity index (χ1n) is 10.2. The molecule has 8 nitrogen and oxygen atoms in total. The van der Waals surface area contributed by atoms with Gasteiger partial charge in [0.05, 0.1) is 13.0 Å². The minimum absolute atomic E-state index is 0.000988. The molecule has 0 aliphatic rings. The minimum Gasteiger partial charge on any atom is -0.466 e. The number of carbonyl (C=O) groups excluding carboxylic acids is 2. The van der Waals surface area contributed by atoms with Gasteiger partial charge in [-0.3, -0.25) is 9.59 Å². The average Bonchev–Trinajstić information content (AvgIpc) is 2.71. The zero-order valence-corrected chi connectivity index (χ0v) is 19.4. The zero-order chi connectivity index (χ0) is 23.9. The SMILES string of the molecule is CCOC(=O)CC(c1cccc(OS(=O)(=O)c2ccccc2)c1)C(N)C(=O)OC(C)(C)C. The van der Waals surface area contributed by atoms with Crippen molar-refractivity contribution in [1.82, 2.24) is 0 Å². The number of ether oxygens (including phenoxy) is 2. The fourth-order valence-electron chi connectivity index (χ4n) is 2.94. The Hall–Kier alpha value is -2.91. The highest BCUT2D eigenvalue weighted by molar-refractivity contribution is 7.87. The molecule has 2 aromatic carbocycles. The summed E-state index contributed by atoms with van der Waals surface area (Å²) in [5, 5.41) is 0. The highest BCUT2D eigenvalue weighted by Crippen LogP contribution is 2.29. The summed E-state index contributed by atoms with van der Waals surface area (Å²) in [6.45, 7) is 6.97. The standard InChI is InChI=1S/C23H29NO7S/c1-5-29-20(25)15-19(21(24)22(26)30-23(2,3)4)16-10-9-11-17(14-16)31-32(27,28)18-12-7-6-8-13-18/h6-14,19,21H,5,15,24H2,1-4H3. The summed E-state index contributed by atoms with van der Waals surface area (Å²) in [6.07, 6.45) is -0.191. The largest absolute Gasteiger partial charge is 0.466 e. The maximum atomic E-state index is 12.6. The van der Waals surface area contributed by atoms with Crippen LogP contribution in [0.2, 0.25) is 0 Å². The van der Waals surface area contributed by atoms with Crippen molar-refractivity contribution < 1.29 is 31.7 Å². The van der Waals surface area contributed by atoms with Crippen LogP contribution in [-0.2, 0) is 29.2 Å². The highest BCUT2D eigenvalue weighted by atomic mass is 32.2. The van der Waals surface area contributed by atoms with Gasteiger partial charge in [-0.15, -0.1) is 0 Å². The van der Waals surface area contributed by atoms with Gasteiger partial charge in [-0.05, 0) is 57.5 Å². The van der Waals surface area contributed by atoms with Gasteiger partial charge in [0.1, 0.15) is 22.3 Å². The lowest BCUT2D eigenvalue weighted by Crippen LogP contribution is -2.42. The average molecular weight is 464 g/mol. The minimum atomic E-state index is -4.06. The lowest BCUT2D eigenvalue weighted by Gasteiger charge is -2.27. The second-order valence-electron chi connectivity index (χ2n) is 8.10. The third-order valence-electron chi connectivity index (χ3n) is 4.33. The van der Waals surface area contributed by atoms with E-state index in [9.17, 15) is 18.0 Å². The number of nitrogens with two attached hydrogens (primary N) is 1. The Balaban J connectivity index is 2.35. The number of esters is 2. The molecule has 2 aromatic rings. The molecule has 0 amide bonds. The Labute approximate surface area is 188 Å². The quantitative estimate of drug-likeness (QED) is 0.444. The number of rotatable bonds is 9. The van der Waals surface area contributed by atoms with Crippen LogP contribution in [0.1, 0.15) is 45.6 Å². The Morgan fingerprint density at radius 3 is 2.28 bits per heavy atom. The fourth-order valence-corrected chi connectivity index (χ4v) is 3.89. The van der Waals surface area contributed by atoms with Gasteiger partial charge in [0.2, 0.25) is 0 Å². The molecule has 32 heavy (non-hydrogen) atoms. The molecule has 0 saturated carbocycles. The van der Waals surface area contributed by atoms with Crippen LogP contribution < -0.4 is 9.92 Å². The fraction of sp³-hybridized carbons (Fsp3) is 0.391. The lowest BCUT2D eigenvalue weighted by molar-refractivity contribution is -0.157. The van der Waals surface area contributed by atoms with Crippen molar-refractivity contribution in [3.05, 3.63) is 60.2 Å². The van der Waals surface area contributed by atoms with Crippen LogP contribution in [0.15, 0.2) is 59.5 Å². The molecule has 9 heteroatoms. The van der Waals surface area contributed by atoms with Gasteiger partial charge in [0.25, 0.3) is 0 Å². The summed E-state index contributed by atoms with van der Waals surface area (Å²) in [7, 11) is -4.06. The van der Waals surface area contributed by atoms with Crippen LogP contribution in [0.3, 0.4) is 0 Å². The predicted octanol–water partition coefficient (Wildman–Crippen LogP) is 3.16. The Bertz CT molecular complexity index is 1030. The van der Waals surface area contributed by atoms with E-state index in [2.05, 4.69) is 0 Å². The normalized spacial score (nSPS) is 13.7. The maximum Gasteiger partial charge on any atom is 0.339 e. The Morgan fingerprint density at radius 1 is 1.03 bits per heavy atom. The van der Waals surface area contributed by atoms with Crippen LogP contribution in [0.5, 0.6) is 5.75 Å². The molecule has 2 rings (SSSR count). The van der Waals surface area contributed by atoms with E-state index in [0.29, 0.717) is 5.56 Å². The van der Waals surface area contributed by atoms with E-state index >= 15 is 0 Å². The van der Waals surface area contributed by atoms with E-state index in [1.54, 1.807) is 58.0 Å². The van der Waals surface area contributed by atoms with E-state index in [4.69, 9.17) is 19.4 Å². The number of carbonyl (C=O) groups is 2. The smallest absolute Gasteiger partial charge is 0.339 e. The predicted molar refractivity (Wildman–Crippen MR) is 119 cm³/mol. The molecule has 0 aromatic heterocycles. The molecule has 0 radical (unpaired) electrons. The van der Waals surface area contributed by atoms with Gasteiger partial charge in [-0.25, -0.2) is 0 Å². The number of hydrogen-bond donors (Lipinski definition) is 1. The van der Waals surface area contributed by atoms with Gasteiger partial charge < -0.3 is 19.4 Å². The van der Waals surface area contributed by atoms with Crippen LogP contribution in [0, 0.1) is 0 Å². The monoisotopic (exact) mass is 463 g/mol. The molecule has 0 saturated heterocycles. The van der Waals surface area contributed by atoms with Crippen molar-refractivity contribution in [1.29, 1.82) is 0 Å². The van der Waals surface area contributed by atoms with Gasteiger partial charge in [-0.2, -0.15) is 8.42 Å². The molecule has 0 aliphatic heterocycles. The first kappa shape index (κ1) is 25.4. The highest BCUT2D eigenvalue weighted by Gasteiger charge is 2.32. The molecule has 0 aliphatic carbocycles. The second kappa shape index (κ2) is 10.6. The van der Waals surface area contributed by atoms with Crippen molar-refractivity contribution in [3.8, 4) is 5.75 Å². The van der Waals surface area contributed by atoms with E-state index in [0.717, 1.165) is 0 Å². The third kappa shape index (κ3) is 7.35. The molecule has 2 atom stereocenters. The van der Waals surface area contributed by atoms with Crippen molar-refractivity contribution in [2.45, 2.75) is 56.6 Å². The van der Waals surface area contributed by atoms with Crippen molar-refractivity contribution >= 4 is 22.1 Å². The Morgan fingerprint density at radius 2 is 1.69 bits per heavy atom. The van der Waals surface area contributed by atoms with Gasteiger partial charge in [-0.1, -0.05) is 30.3 Å². The summed E-state index contributed by atoms with van der Waals surface area (Å²) < 4.78 is 40.7. The summed E-state index contributed by atoms with van der Waals surface area (Å²) in [4.78, 5) is 24.8. The van der Waals surface area contributed by atoms with Crippen molar-refractivity contribution in [2.75, 3.05) is 6.61 Å². The third-order valence-corrected chi connectivity index (χ3v) is 5.59. The summed E-state index contributed by atoms with van der Waals surface area (Å²) >= 11 is 0. The van der Waals surface area contributed by atoms with Gasteiger partial charge >= 0.3 is 22.1 Å². The molecule has 2 N–H and O–H groups in total. The van der Waals surface area contributed by atoms with Crippen molar-refractivity contribution in [2.24, 2.45) is 5.73 Å². The van der Waals surface area contributed by atoms with E-state index in [1.165, 1.54) is 24.3 Å². The van der Waals surface area contributed by atoms with Crippen molar-refractivity contribution in [3.63, 3.8) is 0 Å². The molecular formula is C23H29NO7S. The van der Waals surface area contributed by atoms with E-state index < -0.39 is 39.6 Å². The first-order valence-corrected chi connectivity index (χ1v) is 11.6. The summed E-state index contributed by atoms with van der Waals surface area (Å²) in [5.41, 5.74) is 5.85. The molecular weight excluding hydrogens is 434 g/mol. The van der Waals surface area contributed by atoms with Crippen LogP contribution >= 0.6 is 0 Å². The Kier molecular flexibility index (Phi) is 8.40. The molecule has 0 bridgehead atoms. The molecule has 0 spiro atoms. The molecule has 0 heterocycles. The van der Waals surface area contributed by atoms with Crippen LogP contribution in [-0.4, -0.2) is 38.6 Å². The lowest BCUT2D eigenvalue weighted by atomic mass is 9.88. The molecule has 2 unspecified atom stereocenters. The summed E-state index contributed by atoms with van der Waals surface area (Å²) in [5.74, 6) is -2.02. The molecule has 0 fully saturated rings. The van der Waals surface area contributed by atoms with E-state index in [-0.39, 0.29) is 23.7 Å². The van der Waals surface area contributed by atoms with Gasteiger partial charge in [0.15, 0.2) is 0 Å². The molecule has 174 valence electrons. The first-order chi connectivity index (χ1) is 14.9. The zero-order valence-electron chi connectivity index (χ0n) is 18.6. The maximum absolute atomic E-state index is 12.6. The summed E-state index contributed by atoms with van der Waals surface area (Å²) in [6, 6.07) is 12.6. The topological polar surface area (TPSA) is 122 Å².